The average Bonchev–Trinajstić information content (AvgIpc) is 3.01. The summed E-state index contributed by atoms with van der Waals surface area (Å²) in [6.07, 6.45) is 0. The van der Waals surface area contributed by atoms with Gasteiger partial charge in [-0.2, -0.15) is 0 Å². The summed E-state index contributed by atoms with van der Waals surface area (Å²) in [7, 11) is 0. The number of carbonyl (C=O) groups excluding carboxylic acids is 3. The quantitative estimate of drug-likeness (QED) is 0.621. The van der Waals surface area contributed by atoms with Crippen molar-refractivity contribution in [2.24, 2.45) is 0 Å². The molecule has 0 spiro atoms. The summed E-state index contributed by atoms with van der Waals surface area (Å²) in [6, 6.07) is 13.4. The summed E-state index contributed by atoms with van der Waals surface area (Å²) < 4.78 is 5.04. The zero-order valence-electron chi connectivity index (χ0n) is 17.1. The van der Waals surface area contributed by atoms with Gasteiger partial charge < -0.3 is 14.7 Å². The van der Waals surface area contributed by atoms with Crippen LogP contribution in [0.4, 0.5) is 10.5 Å². The molecule has 0 bridgehead atoms. The molecule has 1 saturated heterocycles. The van der Waals surface area contributed by atoms with Gasteiger partial charge >= 0.3 is 11.9 Å². The predicted molar refractivity (Wildman–Crippen MR) is 116 cm³/mol. The Labute approximate surface area is 183 Å². The Morgan fingerprint density at radius 2 is 1.87 bits per heavy atom. The van der Waals surface area contributed by atoms with Crippen molar-refractivity contribution < 1.29 is 29.0 Å². The highest BCUT2D eigenvalue weighted by molar-refractivity contribution is 8.15. The van der Waals surface area contributed by atoms with Crippen LogP contribution in [0.15, 0.2) is 48.5 Å². The van der Waals surface area contributed by atoms with Gasteiger partial charge in [-0.15, -0.1) is 0 Å². The van der Waals surface area contributed by atoms with Crippen molar-refractivity contribution >= 4 is 40.5 Å². The first-order valence-electron chi connectivity index (χ1n) is 9.63. The lowest BCUT2D eigenvalue weighted by Crippen LogP contribution is -2.44. The number of aromatic carboxylic acids is 1. The van der Waals surface area contributed by atoms with Crippen molar-refractivity contribution in [3.63, 3.8) is 0 Å². The Balaban J connectivity index is 1.85. The number of hydrogen-bond acceptors (Lipinski definition) is 7. The minimum atomic E-state index is -1.09. The SMILES string of the molecule is CCOC(=O)CN(c1ccc(C)cc1)[C@H]1SC(=O)N(Cc2cccc(C(=O)O)c2)C1=O. The van der Waals surface area contributed by atoms with Gasteiger partial charge in [0, 0.05) is 5.69 Å². The maximum atomic E-state index is 13.1. The van der Waals surface area contributed by atoms with Gasteiger partial charge in [0.2, 0.25) is 0 Å². The summed E-state index contributed by atoms with van der Waals surface area (Å²) in [5.74, 6) is -2.06. The third-order valence-electron chi connectivity index (χ3n) is 4.68. The normalized spacial score (nSPS) is 15.8. The van der Waals surface area contributed by atoms with Crippen molar-refractivity contribution in [2.45, 2.75) is 25.8 Å². The average molecular weight is 442 g/mol. The summed E-state index contributed by atoms with van der Waals surface area (Å²) in [5, 5.41) is 7.77. The highest BCUT2D eigenvalue weighted by Crippen LogP contribution is 2.34. The molecule has 2 aromatic rings. The van der Waals surface area contributed by atoms with Crippen LogP contribution in [0.3, 0.4) is 0 Å². The highest BCUT2D eigenvalue weighted by Gasteiger charge is 2.43. The Morgan fingerprint density at radius 3 is 2.52 bits per heavy atom. The van der Waals surface area contributed by atoms with Gasteiger partial charge in [-0.3, -0.25) is 19.3 Å². The molecule has 2 amide bonds. The Hall–Kier alpha value is -3.33. The van der Waals surface area contributed by atoms with E-state index >= 15 is 0 Å². The van der Waals surface area contributed by atoms with E-state index in [1.807, 2.05) is 19.1 Å². The molecule has 31 heavy (non-hydrogen) atoms. The van der Waals surface area contributed by atoms with Crippen LogP contribution >= 0.6 is 11.8 Å². The lowest BCUT2D eigenvalue weighted by Gasteiger charge is -2.28. The van der Waals surface area contributed by atoms with Gasteiger partial charge in [-0.1, -0.05) is 29.8 Å². The number of esters is 1. The number of rotatable bonds is 8. The second kappa shape index (κ2) is 9.65. The van der Waals surface area contributed by atoms with E-state index in [1.165, 1.54) is 12.1 Å². The number of aryl methyl sites for hydroxylation is 1. The van der Waals surface area contributed by atoms with Crippen molar-refractivity contribution in [1.29, 1.82) is 0 Å². The fourth-order valence-corrected chi connectivity index (χ4v) is 4.17. The molecular weight excluding hydrogens is 420 g/mol. The van der Waals surface area contributed by atoms with E-state index < -0.39 is 28.5 Å². The van der Waals surface area contributed by atoms with E-state index in [0.717, 1.165) is 22.2 Å². The first kappa shape index (κ1) is 22.4. The van der Waals surface area contributed by atoms with Gasteiger partial charge in [0.15, 0.2) is 5.37 Å². The van der Waals surface area contributed by atoms with Crippen LogP contribution < -0.4 is 4.90 Å². The Morgan fingerprint density at radius 1 is 1.16 bits per heavy atom. The molecule has 1 aliphatic heterocycles. The predicted octanol–water partition coefficient (Wildman–Crippen LogP) is 3.28. The second-order valence-corrected chi connectivity index (χ2v) is 7.97. The molecule has 2 aromatic carbocycles. The molecule has 1 heterocycles. The molecular formula is C22H22N2O6S. The van der Waals surface area contributed by atoms with Crippen molar-refractivity contribution in [3.05, 3.63) is 65.2 Å². The standard InChI is InChI=1S/C22H22N2O6S/c1-3-30-18(25)13-23(17-9-7-14(2)8-10-17)20-19(26)24(22(29)31-20)12-15-5-4-6-16(11-15)21(27)28/h4-11,20H,3,12-13H2,1-2H3,(H,27,28)/t20-/m0/s1. The molecule has 0 unspecified atom stereocenters. The summed E-state index contributed by atoms with van der Waals surface area (Å²) in [6.45, 7) is 3.59. The number of carboxylic acids is 1. The zero-order chi connectivity index (χ0) is 22.5. The van der Waals surface area contributed by atoms with Crippen LogP contribution in [0.25, 0.3) is 0 Å². The number of benzene rings is 2. The molecule has 8 nitrogen and oxygen atoms in total. The largest absolute Gasteiger partial charge is 0.478 e. The van der Waals surface area contributed by atoms with Crippen LogP contribution in [-0.4, -0.2) is 51.6 Å². The molecule has 1 fully saturated rings. The van der Waals surface area contributed by atoms with E-state index in [0.29, 0.717) is 11.3 Å². The number of thioether (sulfide) groups is 1. The fraction of sp³-hybridized carbons (Fsp3) is 0.273. The lowest BCUT2D eigenvalue weighted by atomic mass is 10.1. The minimum Gasteiger partial charge on any atom is -0.478 e. The topological polar surface area (TPSA) is 104 Å². The first-order valence-corrected chi connectivity index (χ1v) is 10.5. The van der Waals surface area contributed by atoms with Crippen molar-refractivity contribution in [1.82, 2.24) is 4.90 Å². The Bertz CT molecular complexity index is 1010. The van der Waals surface area contributed by atoms with E-state index in [4.69, 9.17) is 9.84 Å². The highest BCUT2D eigenvalue weighted by atomic mass is 32.2. The number of amides is 2. The number of carboxylic acid groups (broad SMARTS) is 1. The summed E-state index contributed by atoms with van der Waals surface area (Å²) in [4.78, 5) is 51.8. The molecule has 162 valence electrons. The molecule has 0 aromatic heterocycles. The fourth-order valence-electron chi connectivity index (χ4n) is 3.15. The molecule has 0 saturated carbocycles. The monoisotopic (exact) mass is 442 g/mol. The zero-order valence-corrected chi connectivity index (χ0v) is 17.9. The van der Waals surface area contributed by atoms with Gasteiger partial charge in [-0.05, 0) is 55.4 Å². The third kappa shape index (κ3) is 5.24. The van der Waals surface area contributed by atoms with Crippen LogP contribution in [0.1, 0.15) is 28.4 Å². The summed E-state index contributed by atoms with van der Waals surface area (Å²) >= 11 is 0.818. The van der Waals surface area contributed by atoms with Crippen LogP contribution in [-0.2, 0) is 20.9 Å². The molecule has 9 heteroatoms. The number of imide groups is 1. The van der Waals surface area contributed by atoms with E-state index in [-0.39, 0.29) is 25.3 Å². The first-order chi connectivity index (χ1) is 14.8. The number of ether oxygens (including phenoxy) is 1. The lowest BCUT2D eigenvalue weighted by molar-refractivity contribution is -0.141. The van der Waals surface area contributed by atoms with Gasteiger partial charge in [-0.25, -0.2) is 4.79 Å². The van der Waals surface area contributed by atoms with Crippen molar-refractivity contribution in [2.75, 3.05) is 18.1 Å². The maximum absolute atomic E-state index is 13.1. The number of carbonyl (C=O) groups is 4. The molecule has 0 radical (unpaired) electrons. The number of hydrogen-bond donors (Lipinski definition) is 1. The Kier molecular flexibility index (Phi) is 6.96. The molecule has 0 aliphatic carbocycles. The van der Waals surface area contributed by atoms with Crippen molar-refractivity contribution in [3.8, 4) is 0 Å². The van der Waals surface area contributed by atoms with Gasteiger partial charge in [0.1, 0.15) is 6.54 Å². The molecule has 1 atom stereocenters. The third-order valence-corrected chi connectivity index (χ3v) is 5.78. The molecule has 3 rings (SSSR count). The van der Waals surface area contributed by atoms with Crippen LogP contribution in [0, 0.1) is 6.92 Å². The molecule has 1 N–H and O–H groups in total. The smallest absolute Gasteiger partial charge is 0.335 e. The molecule has 1 aliphatic rings. The van der Waals surface area contributed by atoms with E-state index in [2.05, 4.69) is 0 Å². The van der Waals surface area contributed by atoms with Crippen LogP contribution in [0.5, 0.6) is 0 Å². The second-order valence-electron chi connectivity index (χ2n) is 6.93. The number of anilines is 1. The van der Waals surface area contributed by atoms with Gasteiger partial charge in [0.05, 0.1) is 18.7 Å². The summed E-state index contributed by atoms with van der Waals surface area (Å²) in [5.41, 5.74) is 2.23. The van der Waals surface area contributed by atoms with Gasteiger partial charge in [0.25, 0.3) is 11.1 Å². The van der Waals surface area contributed by atoms with E-state index in [1.54, 1.807) is 36.1 Å². The minimum absolute atomic E-state index is 0.0522. The number of nitrogens with zero attached hydrogens (tertiary/aromatic N) is 2. The maximum Gasteiger partial charge on any atom is 0.335 e. The van der Waals surface area contributed by atoms with E-state index in [9.17, 15) is 19.2 Å². The van der Waals surface area contributed by atoms with Crippen LogP contribution in [0.2, 0.25) is 0 Å².